The summed E-state index contributed by atoms with van der Waals surface area (Å²) in [4.78, 5) is 5.29. The molecule has 1 aliphatic carbocycles. The molecule has 0 aliphatic heterocycles. The molecule has 0 saturated heterocycles. The number of imidazole rings is 1. The van der Waals surface area contributed by atoms with E-state index in [1.165, 1.54) is 16.7 Å². The number of fused-ring (bicyclic) bond motifs is 4. The van der Waals surface area contributed by atoms with Crippen molar-refractivity contribution in [3.05, 3.63) is 163 Å². The van der Waals surface area contributed by atoms with Crippen LogP contribution in [0.5, 0.6) is 0 Å². The van der Waals surface area contributed by atoms with Crippen molar-refractivity contribution in [2.24, 2.45) is 0 Å². The van der Waals surface area contributed by atoms with Gasteiger partial charge in [-0.1, -0.05) is 115 Å². The highest BCUT2D eigenvalue weighted by atomic mass is 16.3. The lowest BCUT2D eigenvalue weighted by molar-refractivity contribution is 0.670. The Hall–Kier alpha value is -5.93. The van der Waals surface area contributed by atoms with Gasteiger partial charge in [0, 0.05) is 27.6 Å². The summed E-state index contributed by atoms with van der Waals surface area (Å²) >= 11 is 0. The van der Waals surface area contributed by atoms with E-state index in [4.69, 9.17) is 9.40 Å². The number of hydrogen-bond acceptors (Lipinski definition) is 2. The van der Waals surface area contributed by atoms with E-state index in [9.17, 15) is 0 Å². The van der Waals surface area contributed by atoms with Crippen molar-refractivity contribution in [1.29, 1.82) is 0 Å². The van der Waals surface area contributed by atoms with E-state index in [-0.39, 0.29) is 0 Å². The van der Waals surface area contributed by atoms with Gasteiger partial charge >= 0.3 is 0 Å². The van der Waals surface area contributed by atoms with Gasteiger partial charge in [0.15, 0.2) is 0 Å². The lowest BCUT2D eigenvalue weighted by Gasteiger charge is -2.19. The summed E-state index contributed by atoms with van der Waals surface area (Å²) in [6.45, 7) is 0. The summed E-state index contributed by atoms with van der Waals surface area (Å²) < 4.78 is 8.79. The lowest BCUT2D eigenvalue weighted by atomic mass is 9.87. The number of rotatable bonds is 5. The fraction of sp³-hybridized carbons (Fsp3) is 0.0465. The van der Waals surface area contributed by atoms with Crippen molar-refractivity contribution in [2.75, 3.05) is 0 Å². The largest absolute Gasteiger partial charge is 0.455 e. The molecule has 8 aromatic rings. The van der Waals surface area contributed by atoms with Crippen LogP contribution in [0.2, 0.25) is 0 Å². The monoisotopic (exact) mass is 590 g/mol. The third-order valence-electron chi connectivity index (χ3n) is 9.13. The average Bonchev–Trinajstić information content (AvgIpc) is 3.71. The molecule has 0 saturated carbocycles. The SMILES string of the molecule is C1=CCCC(c2ccccc2-c2cc(-c3cccc4c3oc3ccccc34)ccc2-c2nc3ccccc3n2-c2ccccc2)=C1. The van der Waals surface area contributed by atoms with Gasteiger partial charge in [0.2, 0.25) is 0 Å². The van der Waals surface area contributed by atoms with Crippen LogP contribution in [0, 0.1) is 0 Å². The molecule has 0 unspecified atom stereocenters. The second-order valence-electron chi connectivity index (χ2n) is 11.8. The molecule has 0 fully saturated rings. The van der Waals surface area contributed by atoms with Gasteiger partial charge in [-0.25, -0.2) is 4.98 Å². The van der Waals surface area contributed by atoms with E-state index >= 15 is 0 Å². The fourth-order valence-corrected chi connectivity index (χ4v) is 6.97. The zero-order valence-electron chi connectivity index (χ0n) is 25.2. The maximum atomic E-state index is 6.50. The van der Waals surface area contributed by atoms with Crippen molar-refractivity contribution in [3.63, 3.8) is 0 Å². The predicted octanol–water partition coefficient (Wildman–Crippen LogP) is 11.7. The molecule has 0 bridgehead atoms. The standard InChI is InChI=1S/C43H30N2O/c1-3-14-29(15-4-1)32-18-7-8-19-34(32)38-28-30(33-21-13-22-36-35-20-9-12-25-41(35)46-42(33)36)26-27-37(38)43-44-39-23-10-11-24-40(39)45(43)31-16-5-2-6-17-31/h1-3,5-14,16-28H,4,15H2. The zero-order chi connectivity index (χ0) is 30.5. The van der Waals surface area contributed by atoms with Gasteiger partial charge < -0.3 is 4.42 Å². The minimum Gasteiger partial charge on any atom is -0.455 e. The summed E-state index contributed by atoms with van der Waals surface area (Å²) in [7, 11) is 0. The molecule has 1 aliphatic rings. The first-order valence-corrected chi connectivity index (χ1v) is 15.9. The number of hydrogen-bond donors (Lipinski definition) is 0. The highest BCUT2D eigenvalue weighted by Crippen LogP contribution is 2.43. The molecule has 3 nitrogen and oxygen atoms in total. The Kier molecular flexibility index (Phi) is 6.27. The second kappa shape index (κ2) is 10.9. The molecular weight excluding hydrogens is 560 g/mol. The highest BCUT2D eigenvalue weighted by Gasteiger charge is 2.22. The molecule has 0 atom stereocenters. The number of para-hydroxylation sites is 5. The number of nitrogens with zero attached hydrogens (tertiary/aromatic N) is 2. The maximum Gasteiger partial charge on any atom is 0.146 e. The third kappa shape index (κ3) is 4.32. The smallest absolute Gasteiger partial charge is 0.146 e. The summed E-state index contributed by atoms with van der Waals surface area (Å²) in [5.74, 6) is 0.920. The molecule has 2 heterocycles. The van der Waals surface area contributed by atoms with Crippen molar-refractivity contribution in [1.82, 2.24) is 9.55 Å². The molecule has 46 heavy (non-hydrogen) atoms. The zero-order valence-corrected chi connectivity index (χ0v) is 25.2. The Bertz CT molecular complexity index is 2470. The van der Waals surface area contributed by atoms with Crippen LogP contribution in [0.1, 0.15) is 18.4 Å². The average molecular weight is 591 g/mol. The van der Waals surface area contributed by atoms with Crippen LogP contribution >= 0.6 is 0 Å². The van der Waals surface area contributed by atoms with Crippen LogP contribution in [0.4, 0.5) is 0 Å². The van der Waals surface area contributed by atoms with Crippen LogP contribution in [0.25, 0.3) is 77.9 Å². The Morgan fingerprint density at radius 1 is 0.587 bits per heavy atom. The quantitative estimate of drug-likeness (QED) is 0.200. The topological polar surface area (TPSA) is 31.0 Å². The van der Waals surface area contributed by atoms with Gasteiger partial charge in [-0.2, -0.15) is 0 Å². The molecule has 6 aromatic carbocycles. The molecule has 0 N–H and O–H groups in total. The highest BCUT2D eigenvalue weighted by molar-refractivity contribution is 6.10. The molecule has 0 spiro atoms. The minimum atomic E-state index is 0.904. The second-order valence-corrected chi connectivity index (χ2v) is 11.8. The van der Waals surface area contributed by atoms with Crippen LogP contribution in [0.3, 0.4) is 0 Å². The summed E-state index contributed by atoms with van der Waals surface area (Å²) in [5, 5.41) is 2.26. The van der Waals surface area contributed by atoms with Gasteiger partial charge in [0.1, 0.15) is 17.0 Å². The van der Waals surface area contributed by atoms with E-state index < -0.39 is 0 Å². The number of benzene rings is 6. The minimum absolute atomic E-state index is 0.904. The first kappa shape index (κ1) is 26.5. The van der Waals surface area contributed by atoms with Crippen LogP contribution in [-0.2, 0) is 0 Å². The Balaban J connectivity index is 1.34. The number of furan rings is 1. The molecule has 218 valence electrons. The van der Waals surface area contributed by atoms with Gasteiger partial charge in [-0.3, -0.25) is 4.57 Å². The third-order valence-corrected chi connectivity index (χ3v) is 9.13. The van der Waals surface area contributed by atoms with Gasteiger partial charge in [0.25, 0.3) is 0 Å². The van der Waals surface area contributed by atoms with Gasteiger partial charge in [0.05, 0.1) is 11.0 Å². The molecule has 2 aromatic heterocycles. The van der Waals surface area contributed by atoms with E-state index in [1.807, 2.05) is 12.1 Å². The van der Waals surface area contributed by atoms with Crippen molar-refractivity contribution in [2.45, 2.75) is 12.8 Å². The van der Waals surface area contributed by atoms with E-state index in [1.54, 1.807) is 0 Å². The Labute approximate surface area is 267 Å². The number of allylic oxidation sites excluding steroid dienone is 4. The van der Waals surface area contributed by atoms with Crippen molar-refractivity contribution in [3.8, 4) is 39.3 Å². The summed E-state index contributed by atoms with van der Waals surface area (Å²) in [6.07, 6.45) is 8.76. The molecule has 9 rings (SSSR count). The van der Waals surface area contributed by atoms with Crippen LogP contribution in [-0.4, -0.2) is 9.55 Å². The predicted molar refractivity (Wildman–Crippen MR) is 191 cm³/mol. The normalized spacial score (nSPS) is 13.1. The van der Waals surface area contributed by atoms with E-state index in [0.29, 0.717) is 0 Å². The lowest BCUT2D eigenvalue weighted by Crippen LogP contribution is -2.00. The van der Waals surface area contributed by atoms with Crippen molar-refractivity contribution < 1.29 is 4.42 Å². The van der Waals surface area contributed by atoms with Crippen LogP contribution in [0.15, 0.2) is 162 Å². The first-order valence-electron chi connectivity index (χ1n) is 15.9. The molecule has 0 amide bonds. The summed E-state index contributed by atoms with van der Waals surface area (Å²) in [6, 6.07) is 49.3. The fourth-order valence-electron chi connectivity index (χ4n) is 6.97. The molecular formula is C43H30N2O. The van der Waals surface area contributed by atoms with E-state index in [2.05, 4.69) is 150 Å². The van der Waals surface area contributed by atoms with Gasteiger partial charge in [-0.15, -0.1) is 0 Å². The molecule has 3 heteroatoms. The first-order chi connectivity index (χ1) is 22.8. The Morgan fingerprint density at radius 2 is 1.35 bits per heavy atom. The summed E-state index contributed by atoms with van der Waals surface area (Å²) in [5.41, 5.74) is 13.2. The van der Waals surface area contributed by atoms with Crippen molar-refractivity contribution >= 4 is 38.5 Å². The van der Waals surface area contributed by atoms with E-state index in [0.717, 1.165) is 79.6 Å². The number of aromatic nitrogens is 2. The molecule has 0 radical (unpaired) electrons. The maximum absolute atomic E-state index is 6.50. The van der Waals surface area contributed by atoms with Gasteiger partial charge in [-0.05, 0) is 83.1 Å². The van der Waals surface area contributed by atoms with Crippen LogP contribution < -0.4 is 0 Å². The Morgan fingerprint density at radius 3 is 2.24 bits per heavy atom.